The van der Waals surface area contributed by atoms with Gasteiger partial charge < -0.3 is 9.84 Å². The van der Waals surface area contributed by atoms with Gasteiger partial charge in [-0.25, -0.2) is 0 Å². The van der Waals surface area contributed by atoms with Gasteiger partial charge in [0.05, 0.1) is 11.5 Å². The molecule has 1 heterocycles. The topological polar surface area (TPSA) is 72.6 Å². The fourth-order valence-electron chi connectivity index (χ4n) is 2.24. The molecule has 17 heavy (non-hydrogen) atoms. The summed E-state index contributed by atoms with van der Waals surface area (Å²) in [5, 5.41) is 20.2. The molecule has 92 valence electrons. The maximum atomic E-state index is 10.6. The molecule has 1 aliphatic heterocycles. The van der Waals surface area contributed by atoms with Gasteiger partial charge in [0, 0.05) is 30.8 Å². The number of nitro groups is 1. The Bertz CT molecular complexity index is 395. The molecule has 1 N–H and O–H groups in total. The minimum absolute atomic E-state index is 0.0498. The van der Waals surface area contributed by atoms with Gasteiger partial charge in [-0.2, -0.15) is 0 Å². The van der Waals surface area contributed by atoms with E-state index in [0.717, 1.165) is 18.4 Å². The van der Waals surface area contributed by atoms with Gasteiger partial charge >= 0.3 is 0 Å². The fourth-order valence-corrected chi connectivity index (χ4v) is 2.24. The zero-order chi connectivity index (χ0) is 12.3. The highest BCUT2D eigenvalue weighted by Crippen LogP contribution is 2.34. The van der Waals surface area contributed by atoms with Gasteiger partial charge in [0.2, 0.25) is 0 Å². The summed E-state index contributed by atoms with van der Waals surface area (Å²) in [4.78, 5) is 10.2. The zero-order valence-corrected chi connectivity index (χ0v) is 9.46. The molecule has 0 radical (unpaired) electrons. The Balaban J connectivity index is 2.27. The summed E-state index contributed by atoms with van der Waals surface area (Å²) in [6.07, 6.45) is 1.50. The van der Waals surface area contributed by atoms with Crippen LogP contribution < -0.4 is 0 Å². The number of ether oxygens (including phenoxy) is 1. The van der Waals surface area contributed by atoms with E-state index in [1.165, 1.54) is 12.1 Å². The molecular weight excluding hydrogens is 222 g/mol. The summed E-state index contributed by atoms with van der Waals surface area (Å²) in [7, 11) is 0. The number of aliphatic hydroxyl groups is 1. The van der Waals surface area contributed by atoms with Crippen molar-refractivity contribution in [3.05, 3.63) is 39.9 Å². The summed E-state index contributed by atoms with van der Waals surface area (Å²) < 4.78 is 5.29. The monoisotopic (exact) mass is 237 g/mol. The highest BCUT2D eigenvalue weighted by atomic mass is 16.6. The first kappa shape index (κ1) is 12.0. The van der Waals surface area contributed by atoms with Gasteiger partial charge in [-0.1, -0.05) is 12.1 Å². The number of aliphatic hydroxyl groups excluding tert-OH is 1. The molecular formula is C12H15NO4. The van der Waals surface area contributed by atoms with Gasteiger partial charge in [0.25, 0.3) is 5.69 Å². The van der Waals surface area contributed by atoms with Crippen molar-refractivity contribution in [3.8, 4) is 0 Å². The van der Waals surface area contributed by atoms with Crippen LogP contribution in [0.15, 0.2) is 24.3 Å². The van der Waals surface area contributed by atoms with Gasteiger partial charge in [0.15, 0.2) is 0 Å². The van der Waals surface area contributed by atoms with Crippen molar-refractivity contribution in [1.82, 2.24) is 0 Å². The number of nitrogens with zero attached hydrogens (tertiary/aromatic N) is 1. The van der Waals surface area contributed by atoms with Crippen molar-refractivity contribution in [1.29, 1.82) is 0 Å². The minimum atomic E-state index is -0.417. The van der Waals surface area contributed by atoms with Crippen molar-refractivity contribution in [3.63, 3.8) is 0 Å². The van der Waals surface area contributed by atoms with Crippen molar-refractivity contribution in [2.45, 2.75) is 18.3 Å². The van der Waals surface area contributed by atoms with Crippen molar-refractivity contribution in [2.24, 2.45) is 0 Å². The highest BCUT2D eigenvalue weighted by Gasteiger charge is 2.33. The maximum Gasteiger partial charge on any atom is 0.269 e. The van der Waals surface area contributed by atoms with Gasteiger partial charge in [0.1, 0.15) is 0 Å². The maximum absolute atomic E-state index is 10.6. The van der Waals surface area contributed by atoms with Gasteiger partial charge in [-0.05, 0) is 18.4 Å². The predicted octanol–water partition coefficient (Wildman–Crippen LogP) is 1.64. The first-order chi connectivity index (χ1) is 8.18. The molecule has 1 saturated heterocycles. The van der Waals surface area contributed by atoms with E-state index >= 15 is 0 Å². The molecule has 0 aliphatic carbocycles. The average molecular weight is 237 g/mol. The van der Waals surface area contributed by atoms with Crippen molar-refractivity contribution in [2.75, 3.05) is 19.8 Å². The number of non-ortho nitro benzene ring substituents is 1. The lowest BCUT2D eigenvalue weighted by atomic mass is 9.75. The standard InChI is InChI=1S/C12H15NO4/c14-9-12(5-7-17-8-6-12)10-1-3-11(4-2-10)13(15)16/h1-4,14H,5-9H2. The molecule has 0 bridgehead atoms. The Morgan fingerprint density at radius 1 is 1.29 bits per heavy atom. The molecule has 5 nitrogen and oxygen atoms in total. The Morgan fingerprint density at radius 3 is 2.35 bits per heavy atom. The van der Waals surface area contributed by atoms with Crippen LogP contribution in [0.2, 0.25) is 0 Å². The largest absolute Gasteiger partial charge is 0.395 e. The van der Waals surface area contributed by atoms with Crippen molar-refractivity contribution < 1.29 is 14.8 Å². The third-order valence-corrected chi connectivity index (χ3v) is 3.44. The Labute approximate surface area is 99.2 Å². The summed E-state index contributed by atoms with van der Waals surface area (Å²) in [6.45, 7) is 1.29. The fraction of sp³-hybridized carbons (Fsp3) is 0.500. The molecule has 0 unspecified atom stereocenters. The van der Waals surface area contributed by atoms with Crippen LogP contribution in [0.5, 0.6) is 0 Å². The lowest BCUT2D eigenvalue weighted by Crippen LogP contribution is -2.37. The molecule has 1 fully saturated rings. The lowest BCUT2D eigenvalue weighted by molar-refractivity contribution is -0.384. The first-order valence-electron chi connectivity index (χ1n) is 5.61. The summed E-state index contributed by atoms with van der Waals surface area (Å²) >= 11 is 0. The summed E-state index contributed by atoms with van der Waals surface area (Å²) in [5.74, 6) is 0. The second-order valence-electron chi connectivity index (χ2n) is 4.35. The number of hydrogen-bond acceptors (Lipinski definition) is 4. The Hall–Kier alpha value is -1.46. The predicted molar refractivity (Wildman–Crippen MR) is 61.9 cm³/mol. The van der Waals surface area contributed by atoms with Crippen molar-refractivity contribution >= 4 is 5.69 Å². The Kier molecular flexibility index (Phi) is 3.40. The van der Waals surface area contributed by atoms with Crippen LogP contribution >= 0.6 is 0 Å². The van der Waals surface area contributed by atoms with Crippen LogP contribution in [0.25, 0.3) is 0 Å². The number of rotatable bonds is 3. The molecule has 0 aromatic heterocycles. The van der Waals surface area contributed by atoms with Gasteiger partial charge in [-0.15, -0.1) is 0 Å². The van der Waals surface area contributed by atoms with Crippen LogP contribution in [0, 0.1) is 10.1 Å². The summed E-state index contributed by atoms with van der Waals surface area (Å²) in [5.41, 5.74) is 0.732. The van der Waals surface area contributed by atoms with Crippen LogP contribution in [-0.4, -0.2) is 29.9 Å². The van der Waals surface area contributed by atoms with E-state index < -0.39 is 4.92 Å². The van der Waals surface area contributed by atoms with Crippen LogP contribution in [0.3, 0.4) is 0 Å². The molecule has 0 saturated carbocycles. The third kappa shape index (κ3) is 2.30. The van der Waals surface area contributed by atoms with E-state index in [-0.39, 0.29) is 17.7 Å². The van der Waals surface area contributed by atoms with Gasteiger partial charge in [-0.3, -0.25) is 10.1 Å². The Morgan fingerprint density at radius 2 is 1.88 bits per heavy atom. The quantitative estimate of drug-likeness (QED) is 0.640. The molecule has 1 aromatic rings. The van der Waals surface area contributed by atoms with E-state index in [1.54, 1.807) is 12.1 Å². The van der Waals surface area contributed by atoms with E-state index in [0.29, 0.717) is 13.2 Å². The molecule has 1 aromatic carbocycles. The smallest absolute Gasteiger partial charge is 0.269 e. The normalized spacial score (nSPS) is 18.9. The van der Waals surface area contributed by atoms with E-state index in [1.807, 2.05) is 0 Å². The molecule has 0 spiro atoms. The molecule has 1 aliphatic rings. The first-order valence-corrected chi connectivity index (χ1v) is 5.61. The second kappa shape index (κ2) is 4.81. The van der Waals surface area contributed by atoms with Crippen LogP contribution in [0.4, 0.5) is 5.69 Å². The molecule has 2 rings (SSSR count). The molecule has 5 heteroatoms. The van der Waals surface area contributed by atoms with E-state index in [2.05, 4.69) is 0 Å². The highest BCUT2D eigenvalue weighted by molar-refractivity contribution is 5.36. The summed E-state index contributed by atoms with van der Waals surface area (Å²) in [6, 6.07) is 6.45. The number of benzene rings is 1. The van der Waals surface area contributed by atoms with E-state index in [9.17, 15) is 15.2 Å². The number of hydrogen-bond donors (Lipinski definition) is 1. The van der Waals surface area contributed by atoms with E-state index in [4.69, 9.17) is 4.74 Å². The van der Waals surface area contributed by atoms with Crippen LogP contribution in [-0.2, 0) is 10.2 Å². The SMILES string of the molecule is O=[N+]([O-])c1ccc(C2(CO)CCOCC2)cc1. The molecule has 0 amide bonds. The third-order valence-electron chi connectivity index (χ3n) is 3.44. The lowest BCUT2D eigenvalue weighted by Gasteiger charge is -2.35. The minimum Gasteiger partial charge on any atom is -0.395 e. The second-order valence-corrected chi connectivity index (χ2v) is 4.35. The molecule has 0 atom stereocenters. The van der Waals surface area contributed by atoms with Crippen LogP contribution in [0.1, 0.15) is 18.4 Å². The number of nitro benzene ring substituents is 1. The average Bonchev–Trinajstić information content (AvgIpc) is 2.39. The zero-order valence-electron chi connectivity index (χ0n) is 9.46.